The molecule has 3 aromatic rings. The number of allylic oxidation sites excluding steroid dienone is 2. The highest BCUT2D eigenvalue weighted by atomic mass is 15.1. The molecule has 1 aromatic heterocycles. The van der Waals surface area contributed by atoms with Crippen LogP contribution in [0.3, 0.4) is 0 Å². The lowest BCUT2D eigenvalue weighted by atomic mass is 10.00. The van der Waals surface area contributed by atoms with Gasteiger partial charge in [0.15, 0.2) is 6.20 Å². The minimum absolute atomic E-state index is 0.963. The smallest absolute Gasteiger partial charge is 0.213 e. The van der Waals surface area contributed by atoms with Crippen molar-refractivity contribution in [2.24, 2.45) is 0 Å². The first-order chi connectivity index (χ1) is 12.8. The highest BCUT2D eigenvalue weighted by Gasteiger charge is 2.14. The minimum atomic E-state index is 0.963. The van der Waals surface area contributed by atoms with E-state index in [4.69, 9.17) is 0 Å². The Hall–Kier alpha value is -3.09. The summed E-state index contributed by atoms with van der Waals surface area (Å²) in [6.45, 7) is 6.28. The van der Waals surface area contributed by atoms with Gasteiger partial charge in [0.2, 0.25) is 5.52 Å². The number of fused-ring (bicyclic) bond motifs is 2. The lowest BCUT2D eigenvalue weighted by Crippen LogP contribution is -2.32. The Bertz CT molecular complexity index is 1050. The minimum Gasteiger partial charge on any atom is -0.348 e. The average molecular weight is 339 g/mol. The van der Waals surface area contributed by atoms with Crippen molar-refractivity contribution in [2.75, 3.05) is 11.4 Å². The van der Waals surface area contributed by atoms with Crippen LogP contribution in [0, 0.1) is 0 Å². The highest BCUT2D eigenvalue weighted by molar-refractivity contribution is 5.90. The normalized spacial score (nSPS) is 12.8. The number of hydrogen-bond acceptors (Lipinski definition) is 1. The first-order valence-corrected chi connectivity index (χ1v) is 9.24. The van der Waals surface area contributed by atoms with E-state index in [1.807, 2.05) is 0 Å². The van der Waals surface area contributed by atoms with Crippen molar-refractivity contribution >= 4 is 28.2 Å². The molecule has 1 aliphatic rings. The Morgan fingerprint density at radius 3 is 2.65 bits per heavy atom. The van der Waals surface area contributed by atoms with Crippen molar-refractivity contribution in [3.05, 3.63) is 89.9 Å². The molecule has 2 heterocycles. The van der Waals surface area contributed by atoms with Crippen LogP contribution in [0.25, 0.3) is 22.6 Å². The summed E-state index contributed by atoms with van der Waals surface area (Å²) in [6.07, 6.45) is 8.57. The Kier molecular flexibility index (Phi) is 4.43. The quantitative estimate of drug-likeness (QED) is 0.470. The van der Waals surface area contributed by atoms with Crippen molar-refractivity contribution in [3.63, 3.8) is 0 Å². The number of aromatic nitrogens is 1. The molecule has 0 aliphatic carbocycles. The molecule has 0 spiro atoms. The average Bonchev–Trinajstić information content (AvgIpc) is 2.71. The van der Waals surface area contributed by atoms with E-state index in [1.165, 1.54) is 27.7 Å². The fourth-order valence-corrected chi connectivity index (χ4v) is 3.55. The largest absolute Gasteiger partial charge is 0.348 e. The fraction of sp³-hybridized carbons (Fsp3) is 0.167. The van der Waals surface area contributed by atoms with Gasteiger partial charge in [-0.1, -0.05) is 30.3 Å². The van der Waals surface area contributed by atoms with Crippen LogP contribution in [0.1, 0.15) is 25.0 Å². The first kappa shape index (κ1) is 16.4. The number of para-hydroxylation sites is 2. The molecular weight excluding hydrogens is 316 g/mol. The van der Waals surface area contributed by atoms with Crippen LogP contribution in [-0.4, -0.2) is 6.54 Å². The zero-order chi connectivity index (χ0) is 17.9. The first-order valence-electron chi connectivity index (χ1n) is 9.24. The van der Waals surface area contributed by atoms with E-state index in [1.54, 1.807) is 0 Å². The third kappa shape index (κ3) is 2.85. The van der Waals surface area contributed by atoms with Gasteiger partial charge >= 0.3 is 0 Å². The van der Waals surface area contributed by atoms with Crippen LogP contribution in [0.4, 0.5) is 5.69 Å². The summed E-state index contributed by atoms with van der Waals surface area (Å²) < 4.78 is 2.27. The molecule has 0 unspecified atom stereocenters. The van der Waals surface area contributed by atoms with Crippen LogP contribution < -0.4 is 9.47 Å². The summed E-state index contributed by atoms with van der Waals surface area (Å²) >= 11 is 0. The molecule has 26 heavy (non-hydrogen) atoms. The van der Waals surface area contributed by atoms with Gasteiger partial charge in [-0.25, -0.2) is 0 Å². The summed E-state index contributed by atoms with van der Waals surface area (Å²) in [6, 6.07) is 19.3. The van der Waals surface area contributed by atoms with E-state index in [2.05, 4.69) is 108 Å². The SMILES string of the molecule is CCN1C=CC(=C=Cc2cc[n+](CC)c3ccccc23)c2ccccc21. The lowest BCUT2D eigenvalue weighted by molar-refractivity contribution is -0.667. The molecule has 0 saturated heterocycles. The van der Waals surface area contributed by atoms with Crippen LogP contribution in [0.2, 0.25) is 0 Å². The zero-order valence-corrected chi connectivity index (χ0v) is 15.3. The molecule has 2 nitrogen and oxygen atoms in total. The highest BCUT2D eigenvalue weighted by Crippen LogP contribution is 2.32. The third-order valence-corrected chi connectivity index (χ3v) is 4.95. The standard InChI is InChI=1S/C24H23N2/c1-3-25-17-15-19(21-9-5-7-11-23(21)25)13-14-20-16-18-26(4-2)24-12-8-6-10-22(20)24/h5-13,15-18H,3-4H2,1-2H3/q+1. The maximum absolute atomic E-state index is 3.54. The van der Waals surface area contributed by atoms with Gasteiger partial charge in [-0.3, -0.25) is 0 Å². The Labute approximate surface area is 155 Å². The molecule has 0 N–H and O–H groups in total. The molecule has 0 bridgehead atoms. The number of hydrogen-bond donors (Lipinski definition) is 0. The van der Waals surface area contributed by atoms with Crippen LogP contribution in [-0.2, 0) is 6.54 Å². The Morgan fingerprint density at radius 1 is 1.00 bits per heavy atom. The predicted molar refractivity (Wildman–Crippen MR) is 110 cm³/mol. The van der Waals surface area contributed by atoms with Gasteiger partial charge in [-0.2, -0.15) is 4.57 Å². The summed E-state index contributed by atoms with van der Waals surface area (Å²) in [5.74, 6) is 0. The van der Waals surface area contributed by atoms with Gasteiger partial charge in [0.25, 0.3) is 0 Å². The Morgan fingerprint density at radius 2 is 1.81 bits per heavy atom. The summed E-state index contributed by atoms with van der Waals surface area (Å²) in [5.41, 5.74) is 9.60. The summed E-state index contributed by atoms with van der Waals surface area (Å²) in [5, 5.41) is 1.26. The second-order valence-corrected chi connectivity index (χ2v) is 6.40. The van der Waals surface area contributed by atoms with Gasteiger partial charge in [-0.15, -0.1) is 5.73 Å². The molecule has 0 radical (unpaired) electrons. The predicted octanol–water partition coefficient (Wildman–Crippen LogP) is 5.20. The number of pyridine rings is 1. The van der Waals surface area contributed by atoms with E-state index in [0.717, 1.165) is 18.7 Å². The van der Waals surface area contributed by atoms with E-state index in [9.17, 15) is 0 Å². The maximum Gasteiger partial charge on any atom is 0.213 e. The summed E-state index contributed by atoms with van der Waals surface area (Å²) in [4.78, 5) is 2.27. The molecule has 0 fully saturated rings. The second kappa shape index (κ2) is 7.03. The zero-order valence-electron chi connectivity index (χ0n) is 15.3. The van der Waals surface area contributed by atoms with Gasteiger partial charge in [0.1, 0.15) is 6.54 Å². The van der Waals surface area contributed by atoms with E-state index in [-0.39, 0.29) is 0 Å². The van der Waals surface area contributed by atoms with Crippen molar-refractivity contribution in [1.82, 2.24) is 0 Å². The van der Waals surface area contributed by atoms with Crippen LogP contribution >= 0.6 is 0 Å². The fourth-order valence-electron chi connectivity index (χ4n) is 3.55. The van der Waals surface area contributed by atoms with Crippen molar-refractivity contribution in [3.8, 4) is 0 Å². The third-order valence-electron chi connectivity index (χ3n) is 4.95. The molecular formula is C24H23N2+. The molecule has 4 rings (SSSR count). The number of aryl methyl sites for hydroxylation is 1. The number of benzene rings is 2. The van der Waals surface area contributed by atoms with E-state index < -0.39 is 0 Å². The summed E-state index contributed by atoms with van der Waals surface area (Å²) in [7, 11) is 0. The van der Waals surface area contributed by atoms with Gasteiger partial charge < -0.3 is 4.90 Å². The van der Waals surface area contributed by atoms with E-state index in [0.29, 0.717) is 0 Å². The Balaban J connectivity index is 1.85. The van der Waals surface area contributed by atoms with E-state index >= 15 is 0 Å². The van der Waals surface area contributed by atoms with Gasteiger partial charge in [0, 0.05) is 47.3 Å². The molecule has 0 saturated carbocycles. The van der Waals surface area contributed by atoms with Gasteiger partial charge in [0.05, 0.1) is 5.39 Å². The molecule has 0 atom stereocenters. The van der Waals surface area contributed by atoms with Gasteiger partial charge in [-0.05, 0) is 38.1 Å². The number of rotatable bonds is 3. The number of anilines is 1. The lowest BCUT2D eigenvalue weighted by Gasteiger charge is -2.25. The van der Waals surface area contributed by atoms with Crippen molar-refractivity contribution < 1.29 is 4.57 Å². The van der Waals surface area contributed by atoms with Crippen molar-refractivity contribution in [2.45, 2.75) is 20.4 Å². The molecule has 0 amide bonds. The van der Waals surface area contributed by atoms with Crippen LogP contribution in [0.5, 0.6) is 0 Å². The maximum atomic E-state index is 3.54. The van der Waals surface area contributed by atoms with Crippen LogP contribution in [0.15, 0.2) is 78.8 Å². The second-order valence-electron chi connectivity index (χ2n) is 6.40. The molecule has 2 aromatic carbocycles. The molecule has 128 valence electrons. The topological polar surface area (TPSA) is 7.12 Å². The molecule has 1 aliphatic heterocycles. The monoisotopic (exact) mass is 339 g/mol. The van der Waals surface area contributed by atoms with Crippen molar-refractivity contribution in [1.29, 1.82) is 0 Å². The number of nitrogens with zero attached hydrogens (tertiary/aromatic N) is 2. The molecule has 2 heteroatoms.